The van der Waals surface area contributed by atoms with Crippen molar-refractivity contribution in [3.8, 4) is 0 Å². The lowest BCUT2D eigenvalue weighted by atomic mass is 9.77. The van der Waals surface area contributed by atoms with E-state index in [1.807, 2.05) is 7.05 Å². The Morgan fingerprint density at radius 1 is 1.31 bits per heavy atom. The molecule has 1 saturated carbocycles. The first kappa shape index (κ1) is 11.7. The first-order chi connectivity index (χ1) is 7.81. The lowest BCUT2D eigenvalue weighted by Crippen LogP contribution is -2.22. The highest BCUT2D eigenvalue weighted by Crippen LogP contribution is 2.38. The maximum atomic E-state index is 3.31. The molecule has 1 nitrogen and oxygen atoms in total. The van der Waals surface area contributed by atoms with E-state index in [2.05, 4.69) is 36.5 Å². The molecule has 0 bridgehead atoms. The van der Waals surface area contributed by atoms with Crippen molar-refractivity contribution < 1.29 is 0 Å². The van der Waals surface area contributed by atoms with E-state index in [1.165, 1.54) is 32.1 Å². The molecule has 0 heterocycles. The third-order valence-corrected chi connectivity index (χ3v) is 3.94. The molecule has 1 N–H and O–H groups in total. The van der Waals surface area contributed by atoms with Crippen molar-refractivity contribution in [1.29, 1.82) is 0 Å². The number of aryl methyl sites for hydroxylation is 1. The van der Waals surface area contributed by atoms with Gasteiger partial charge in [-0.05, 0) is 56.7 Å². The maximum Gasteiger partial charge on any atom is 0.00388 e. The van der Waals surface area contributed by atoms with Crippen LogP contribution in [0.3, 0.4) is 0 Å². The van der Waals surface area contributed by atoms with Crippen LogP contribution in [0.25, 0.3) is 0 Å². The molecule has 88 valence electrons. The van der Waals surface area contributed by atoms with Crippen LogP contribution in [0.2, 0.25) is 0 Å². The quantitative estimate of drug-likeness (QED) is 0.796. The van der Waals surface area contributed by atoms with Gasteiger partial charge in [0.15, 0.2) is 0 Å². The molecule has 2 rings (SSSR count). The highest BCUT2D eigenvalue weighted by atomic mass is 14.8. The lowest BCUT2D eigenvalue weighted by Gasteiger charge is -2.28. The third-order valence-electron chi connectivity index (χ3n) is 3.94. The number of nitrogens with one attached hydrogen (secondary N) is 1. The van der Waals surface area contributed by atoms with Gasteiger partial charge in [-0.25, -0.2) is 0 Å². The monoisotopic (exact) mass is 217 g/mol. The second kappa shape index (κ2) is 5.49. The largest absolute Gasteiger partial charge is 0.317 e. The maximum absolute atomic E-state index is 3.31. The Morgan fingerprint density at radius 3 is 2.69 bits per heavy atom. The summed E-state index contributed by atoms with van der Waals surface area (Å²) in [5.41, 5.74) is 3.20. The molecule has 0 amide bonds. The van der Waals surface area contributed by atoms with Crippen molar-refractivity contribution in [2.45, 2.75) is 51.0 Å². The molecule has 0 saturated heterocycles. The van der Waals surface area contributed by atoms with Gasteiger partial charge >= 0.3 is 0 Å². The summed E-state index contributed by atoms with van der Waals surface area (Å²) in [5, 5.41) is 3.31. The standard InChI is InChI=1S/C15H23N/c1-12(16-2)10-11-14-6-3-4-9-15(14)13-7-5-8-13/h3-4,6,9,12-13,16H,5,7-8,10-11H2,1-2H3. The van der Waals surface area contributed by atoms with E-state index in [9.17, 15) is 0 Å². The normalized spacial score (nSPS) is 18.1. The van der Waals surface area contributed by atoms with Crippen molar-refractivity contribution in [3.05, 3.63) is 35.4 Å². The Kier molecular flexibility index (Phi) is 4.00. The van der Waals surface area contributed by atoms with Crippen LogP contribution in [-0.2, 0) is 6.42 Å². The van der Waals surface area contributed by atoms with E-state index in [4.69, 9.17) is 0 Å². The van der Waals surface area contributed by atoms with E-state index in [0.717, 1.165) is 5.92 Å². The highest BCUT2D eigenvalue weighted by molar-refractivity contribution is 5.31. The topological polar surface area (TPSA) is 12.0 Å². The summed E-state index contributed by atoms with van der Waals surface area (Å²) >= 11 is 0. The van der Waals surface area contributed by atoms with Gasteiger partial charge in [0, 0.05) is 6.04 Å². The SMILES string of the molecule is CNC(C)CCc1ccccc1C1CCC1. The van der Waals surface area contributed by atoms with Crippen LogP contribution < -0.4 is 5.32 Å². The molecule has 16 heavy (non-hydrogen) atoms. The first-order valence-electron chi connectivity index (χ1n) is 6.56. The van der Waals surface area contributed by atoms with Crippen LogP contribution >= 0.6 is 0 Å². The lowest BCUT2D eigenvalue weighted by molar-refractivity contribution is 0.416. The van der Waals surface area contributed by atoms with Crippen molar-refractivity contribution in [3.63, 3.8) is 0 Å². The van der Waals surface area contributed by atoms with E-state index in [-0.39, 0.29) is 0 Å². The fraction of sp³-hybridized carbons (Fsp3) is 0.600. The Hall–Kier alpha value is -0.820. The van der Waals surface area contributed by atoms with Gasteiger partial charge in [-0.1, -0.05) is 30.7 Å². The molecular weight excluding hydrogens is 194 g/mol. The molecule has 1 heteroatoms. The second-order valence-corrected chi connectivity index (χ2v) is 5.06. The summed E-state index contributed by atoms with van der Waals surface area (Å²) in [7, 11) is 2.04. The third kappa shape index (κ3) is 2.65. The summed E-state index contributed by atoms with van der Waals surface area (Å²) in [4.78, 5) is 0. The molecule has 1 unspecified atom stereocenters. The van der Waals surface area contributed by atoms with Crippen molar-refractivity contribution in [2.75, 3.05) is 7.05 Å². The Morgan fingerprint density at radius 2 is 2.06 bits per heavy atom. The van der Waals surface area contributed by atoms with E-state index in [0.29, 0.717) is 6.04 Å². The zero-order valence-electron chi connectivity index (χ0n) is 10.5. The second-order valence-electron chi connectivity index (χ2n) is 5.06. The van der Waals surface area contributed by atoms with Crippen LogP contribution in [0.4, 0.5) is 0 Å². The predicted molar refractivity (Wildman–Crippen MR) is 69.9 cm³/mol. The van der Waals surface area contributed by atoms with Crippen molar-refractivity contribution >= 4 is 0 Å². The number of benzene rings is 1. The van der Waals surface area contributed by atoms with Crippen LogP contribution in [0.1, 0.15) is 49.7 Å². The summed E-state index contributed by atoms with van der Waals surface area (Å²) in [6.45, 7) is 2.26. The molecule has 1 aromatic carbocycles. The zero-order valence-corrected chi connectivity index (χ0v) is 10.5. The molecule has 1 fully saturated rings. The summed E-state index contributed by atoms with van der Waals surface area (Å²) < 4.78 is 0. The fourth-order valence-electron chi connectivity index (χ4n) is 2.40. The van der Waals surface area contributed by atoms with Crippen molar-refractivity contribution in [2.24, 2.45) is 0 Å². The van der Waals surface area contributed by atoms with Gasteiger partial charge in [0.1, 0.15) is 0 Å². The van der Waals surface area contributed by atoms with Crippen LogP contribution in [-0.4, -0.2) is 13.1 Å². The van der Waals surface area contributed by atoms with Crippen LogP contribution in [0, 0.1) is 0 Å². The molecule has 0 radical (unpaired) electrons. The van der Waals surface area contributed by atoms with Crippen LogP contribution in [0.15, 0.2) is 24.3 Å². The van der Waals surface area contributed by atoms with E-state index >= 15 is 0 Å². The van der Waals surface area contributed by atoms with E-state index < -0.39 is 0 Å². The van der Waals surface area contributed by atoms with Gasteiger partial charge < -0.3 is 5.32 Å². The van der Waals surface area contributed by atoms with Gasteiger partial charge in [-0.15, -0.1) is 0 Å². The number of rotatable bonds is 5. The Labute approximate surface area is 99.3 Å². The number of hydrogen-bond acceptors (Lipinski definition) is 1. The highest BCUT2D eigenvalue weighted by Gasteiger charge is 2.21. The van der Waals surface area contributed by atoms with E-state index in [1.54, 1.807) is 11.1 Å². The summed E-state index contributed by atoms with van der Waals surface area (Å²) in [6, 6.07) is 9.65. The Balaban J connectivity index is 2.01. The molecule has 0 aliphatic heterocycles. The molecule has 0 aromatic heterocycles. The summed E-state index contributed by atoms with van der Waals surface area (Å²) in [6.07, 6.45) is 6.68. The average molecular weight is 217 g/mol. The smallest absolute Gasteiger partial charge is 0.00388 e. The van der Waals surface area contributed by atoms with Gasteiger partial charge in [0.2, 0.25) is 0 Å². The number of hydrogen-bond donors (Lipinski definition) is 1. The van der Waals surface area contributed by atoms with Gasteiger partial charge in [0.05, 0.1) is 0 Å². The molecule has 1 aliphatic carbocycles. The molecule has 1 aliphatic rings. The Bertz CT molecular complexity index is 328. The molecular formula is C15H23N. The molecule has 1 aromatic rings. The van der Waals surface area contributed by atoms with Gasteiger partial charge in [0.25, 0.3) is 0 Å². The average Bonchev–Trinajstić information content (AvgIpc) is 2.25. The first-order valence-corrected chi connectivity index (χ1v) is 6.56. The fourth-order valence-corrected chi connectivity index (χ4v) is 2.40. The minimum Gasteiger partial charge on any atom is -0.317 e. The minimum atomic E-state index is 0.620. The summed E-state index contributed by atoms with van der Waals surface area (Å²) in [5.74, 6) is 0.862. The van der Waals surface area contributed by atoms with Gasteiger partial charge in [-0.3, -0.25) is 0 Å². The zero-order chi connectivity index (χ0) is 11.4. The molecule has 0 spiro atoms. The van der Waals surface area contributed by atoms with Gasteiger partial charge in [-0.2, -0.15) is 0 Å². The molecule has 1 atom stereocenters. The predicted octanol–water partition coefficient (Wildman–Crippen LogP) is 3.49. The van der Waals surface area contributed by atoms with Crippen molar-refractivity contribution in [1.82, 2.24) is 5.32 Å². The minimum absolute atomic E-state index is 0.620. The van der Waals surface area contributed by atoms with Crippen LogP contribution in [0.5, 0.6) is 0 Å².